The Labute approximate surface area is 165 Å². The maximum absolute atomic E-state index is 12.9. The minimum absolute atomic E-state index is 0.134. The molecule has 0 aromatic heterocycles. The van der Waals surface area contributed by atoms with Crippen molar-refractivity contribution in [2.75, 3.05) is 12.8 Å². The Kier molecular flexibility index (Phi) is 8.33. The van der Waals surface area contributed by atoms with E-state index >= 15 is 0 Å². The van der Waals surface area contributed by atoms with Crippen molar-refractivity contribution < 1.29 is 17.4 Å². The van der Waals surface area contributed by atoms with Crippen molar-refractivity contribution in [2.24, 2.45) is 17.3 Å². The van der Waals surface area contributed by atoms with E-state index in [4.69, 9.17) is 4.18 Å². The molecule has 0 radical (unpaired) electrons. The van der Waals surface area contributed by atoms with Gasteiger partial charge in [0, 0.05) is 19.5 Å². The van der Waals surface area contributed by atoms with Crippen LogP contribution < -0.4 is 4.18 Å². The summed E-state index contributed by atoms with van der Waals surface area (Å²) in [6, 6.07) is 6.91. The van der Waals surface area contributed by atoms with Gasteiger partial charge in [0.15, 0.2) is 0 Å². The van der Waals surface area contributed by atoms with Crippen molar-refractivity contribution in [3.63, 3.8) is 0 Å². The third-order valence-corrected chi connectivity index (χ3v) is 4.44. The van der Waals surface area contributed by atoms with Crippen LogP contribution in [0.3, 0.4) is 0 Å². The third-order valence-electron chi connectivity index (χ3n) is 3.94. The fourth-order valence-electron chi connectivity index (χ4n) is 3.33. The van der Waals surface area contributed by atoms with Gasteiger partial charge in [-0.25, -0.2) is 0 Å². The lowest BCUT2D eigenvalue weighted by Crippen LogP contribution is -2.35. The van der Waals surface area contributed by atoms with E-state index in [1.165, 1.54) is 0 Å². The first-order chi connectivity index (χ1) is 12.2. The SMILES string of the molecule is CC(C)CN(Cc1cccc(OS(C)(=O)=O)c1)C(=O)CC(C)CC(C)(C)C. The Morgan fingerprint density at radius 3 is 2.33 bits per heavy atom. The van der Waals surface area contributed by atoms with E-state index in [-0.39, 0.29) is 17.1 Å². The molecule has 0 fully saturated rings. The lowest BCUT2D eigenvalue weighted by molar-refractivity contribution is -0.133. The molecule has 0 spiro atoms. The molecule has 1 aromatic carbocycles. The van der Waals surface area contributed by atoms with Gasteiger partial charge in [0.2, 0.25) is 5.91 Å². The fraction of sp³-hybridized carbons (Fsp3) is 0.667. The molecular weight excluding hydrogens is 362 g/mol. The van der Waals surface area contributed by atoms with Gasteiger partial charge < -0.3 is 9.08 Å². The number of nitrogens with zero attached hydrogens (tertiary/aromatic N) is 1. The molecule has 1 aromatic rings. The largest absolute Gasteiger partial charge is 0.383 e. The number of hydrogen-bond acceptors (Lipinski definition) is 4. The Hall–Kier alpha value is -1.56. The molecule has 1 atom stereocenters. The van der Waals surface area contributed by atoms with Gasteiger partial charge >= 0.3 is 10.1 Å². The predicted molar refractivity (Wildman–Crippen MR) is 110 cm³/mol. The summed E-state index contributed by atoms with van der Waals surface area (Å²) in [7, 11) is -3.57. The highest BCUT2D eigenvalue weighted by atomic mass is 32.2. The molecule has 6 heteroatoms. The average Bonchev–Trinajstić information content (AvgIpc) is 2.42. The van der Waals surface area contributed by atoms with Crippen LogP contribution in [-0.4, -0.2) is 32.0 Å². The normalized spacial score (nSPS) is 13.5. The van der Waals surface area contributed by atoms with Gasteiger partial charge in [-0.15, -0.1) is 0 Å². The standard InChI is InChI=1S/C21H35NO4S/c1-16(2)14-22(20(23)11-17(3)13-21(4,5)6)15-18-9-8-10-19(12-18)26-27(7,24)25/h8-10,12,16-17H,11,13-15H2,1-7H3. The van der Waals surface area contributed by atoms with Crippen molar-refractivity contribution >= 4 is 16.0 Å². The fourth-order valence-corrected chi connectivity index (χ4v) is 3.78. The highest BCUT2D eigenvalue weighted by molar-refractivity contribution is 7.86. The second-order valence-corrected chi connectivity index (χ2v) is 10.8. The van der Waals surface area contributed by atoms with Gasteiger partial charge in [-0.1, -0.05) is 53.7 Å². The molecule has 0 bridgehead atoms. The lowest BCUT2D eigenvalue weighted by Gasteiger charge is -2.28. The number of hydrogen-bond donors (Lipinski definition) is 0. The number of rotatable bonds is 9. The molecule has 1 rings (SSSR count). The molecule has 0 aliphatic carbocycles. The zero-order valence-corrected chi connectivity index (χ0v) is 18.6. The van der Waals surface area contributed by atoms with Gasteiger partial charge in [-0.2, -0.15) is 8.42 Å². The average molecular weight is 398 g/mol. The summed E-state index contributed by atoms with van der Waals surface area (Å²) in [4.78, 5) is 14.8. The van der Waals surface area contributed by atoms with E-state index < -0.39 is 10.1 Å². The van der Waals surface area contributed by atoms with Crippen LogP contribution in [0.4, 0.5) is 0 Å². The van der Waals surface area contributed by atoms with Crippen LogP contribution in [0.2, 0.25) is 0 Å². The lowest BCUT2D eigenvalue weighted by atomic mass is 9.84. The van der Waals surface area contributed by atoms with E-state index in [2.05, 4.69) is 41.5 Å². The third kappa shape index (κ3) is 10.4. The van der Waals surface area contributed by atoms with Crippen LogP contribution >= 0.6 is 0 Å². The molecule has 154 valence electrons. The number of carbonyl (C=O) groups excluding carboxylic acids is 1. The molecule has 5 nitrogen and oxygen atoms in total. The molecule has 27 heavy (non-hydrogen) atoms. The van der Waals surface area contributed by atoms with Crippen LogP contribution in [0.25, 0.3) is 0 Å². The summed E-state index contributed by atoms with van der Waals surface area (Å²) < 4.78 is 27.6. The van der Waals surface area contributed by atoms with E-state index in [1.54, 1.807) is 18.2 Å². The van der Waals surface area contributed by atoms with Crippen molar-refractivity contribution in [3.05, 3.63) is 29.8 Å². The Morgan fingerprint density at radius 2 is 1.81 bits per heavy atom. The van der Waals surface area contributed by atoms with E-state index in [9.17, 15) is 13.2 Å². The van der Waals surface area contributed by atoms with Gasteiger partial charge in [-0.3, -0.25) is 4.79 Å². The zero-order valence-electron chi connectivity index (χ0n) is 17.8. The minimum Gasteiger partial charge on any atom is -0.383 e. The van der Waals surface area contributed by atoms with E-state index in [0.717, 1.165) is 18.2 Å². The second kappa shape index (κ2) is 9.58. The molecule has 0 N–H and O–H groups in total. The Balaban J connectivity index is 2.88. The van der Waals surface area contributed by atoms with Gasteiger partial charge in [-0.05, 0) is 41.4 Å². The first-order valence-electron chi connectivity index (χ1n) is 9.51. The van der Waals surface area contributed by atoms with E-state index in [0.29, 0.717) is 31.3 Å². The van der Waals surface area contributed by atoms with Crippen molar-refractivity contribution in [3.8, 4) is 5.75 Å². The number of amides is 1. The number of benzene rings is 1. The van der Waals surface area contributed by atoms with Crippen LogP contribution in [0.1, 0.15) is 59.9 Å². The summed E-state index contributed by atoms with van der Waals surface area (Å²) >= 11 is 0. The van der Waals surface area contributed by atoms with Gasteiger partial charge in [0.1, 0.15) is 5.75 Å². The molecule has 1 unspecified atom stereocenters. The quantitative estimate of drug-likeness (QED) is 0.577. The summed E-state index contributed by atoms with van der Waals surface area (Å²) in [5, 5.41) is 0. The maximum atomic E-state index is 12.9. The smallest absolute Gasteiger partial charge is 0.306 e. The van der Waals surface area contributed by atoms with Crippen LogP contribution in [0.15, 0.2) is 24.3 Å². The predicted octanol–water partition coefficient (Wildman–Crippen LogP) is 4.47. The highest BCUT2D eigenvalue weighted by Crippen LogP contribution is 2.27. The van der Waals surface area contributed by atoms with Crippen molar-refractivity contribution in [1.82, 2.24) is 4.90 Å². The summed E-state index contributed by atoms with van der Waals surface area (Å²) in [6.45, 7) is 14.0. The van der Waals surface area contributed by atoms with Crippen LogP contribution in [0.5, 0.6) is 5.75 Å². The van der Waals surface area contributed by atoms with Crippen LogP contribution in [-0.2, 0) is 21.5 Å². The topological polar surface area (TPSA) is 63.7 Å². The molecule has 0 aliphatic rings. The van der Waals surface area contributed by atoms with Gasteiger partial charge in [0.05, 0.1) is 6.26 Å². The maximum Gasteiger partial charge on any atom is 0.306 e. The Morgan fingerprint density at radius 1 is 1.19 bits per heavy atom. The first kappa shape index (κ1) is 23.5. The molecule has 1 amide bonds. The molecule has 0 saturated carbocycles. The van der Waals surface area contributed by atoms with Crippen LogP contribution in [0, 0.1) is 17.3 Å². The first-order valence-corrected chi connectivity index (χ1v) is 11.3. The summed E-state index contributed by atoms with van der Waals surface area (Å²) in [5.74, 6) is 1.07. The molecule has 0 aliphatic heterocycles. The Bertz CT molecular complexity index is 720. The van der Waals surface area contributed by atoms with Gasteiger partial charge in [0.25, 0.3) is 0 Å². The van der Waals surface area contributed by atoms with Crippen molar-refractivity contribution in [2.45, 2.75) is 60.9 Å². The molecule has 0 heterocycles. The summed E-state index contributed by atoms with van der Waals surface area (Å²) in [6.07, 6.45) is 2.53. The highest BCUT2D eigenvalue weighted by Gasteiger charge is 2.22. The van der Waals surface area contributed by atoms with E-state index in [1.807, 2.05) is 11.0 Å². The van der Waals surface area contributed by atoms with Crippen molar-refractivity contribution in [1.29, 1.82) is 0 Å². The number of carbonyl (C=O) groups is 1. The minimum atomic E-state index is -3.57. The second-order valence-electron chi connectivity index (χ2n) is 9.18. The monoisotopic (exact) mass is 397 g/mol. The molecular formula is C21H35NO4S. The molecule has 0 saturated heterocycles. The zero-order chi connectivity index (χ0) is 20.8. The summed E-state index contributed by atoms with van der Waals surface area (Å²) in [5.41, 5.74) is 1.05.